The third kappa shape index (κ3) is 7.95. The average Bonchev–Trinajstić information content (AvgIpc) is 3.48. The number of likely N-dealkylation sites (tertiary alicyclic amines) is 1. The van der Waals surface area contributed by atoms with E-state index in [0.29, 0.717) is 25.1 Å². The third-order valence-electron chi connectivity index (χ3n) is 8.93. The number of methoxy groups -OCH3 is 2. The van der Waals surface area contributed by atoms with Crippen LogP contribution in [0.4, 0.5) is 5.69 Å². The Kier molecular flexibility index (Phi) is 10.5. The molecule has 9 heteroatoms. The normalized spacial score (nSPS) is 16.1. The van der Waals surface area contributed by atoms with Crippen LogP contribution in [0.3, 0.4) is 0 Å². The van der Waals surface area contributed by atoms with Gasteiger partial charge in [-0.2, -0.15) is 0 Å². The van der Waals surface area contributed by atoms with Crippen molar-refractivity contribution >= 4 is 17.4 Å². The minimum atomic E-state index is -0.673. The maximum absolute atomic E-state index is 13.2. The number of piperidine rings is 1. The van der Waals surface area contributed by atoms with Crippen LogP contribution < -0.4 is 14.8 Å². The summed E-state index contributed by atoms with van der Waals surface area (Å²) >= 11 is 0. The quantitative estimate of drug-likeness (QED) is 0.276. The second kappa shape index (κ2) is 14.7. The van der Waals surface area contributed by atoms with E-state index in [1.165, 1.54) is 11.1 Å². The first-order valence-electron chi connectivity index (χ1n) is 15.5. The van der Waals surface area contributed by atoms with Crippen molar-refractivity contribution < 1.29 is 24.2 Å². The van der Waals surface area contributed by atoms with Crippen molar-refractivity contribution in [2.45, 2.75) is 70.2 Å². The topological polar surface area (TPSA) is 104 Å². The lowest BCUT2D eigenvalue weighted by molar-refractivity contribution is -0.129. The highest BCUT2D eigenvalue weighted by Gasteiger charge is 2.29. The van der Waals surface area contributed by atoms with E-state index in [1.54, 1.807) is 33.5 Å². The van der Waals surface area contributed by atoms with Gasteiger partial charge in [-0.25, -0.2) is 0 Å². The molecule has 0 saturated carbocycles. The first-order valence-corrected chi connectivity index (χ1v) is 15.5. The lowest BCUT2D eigenvalue weighted by Crippen LogP contribution is -2.41. The van der Waals surface area contributed by atoms with Gasteiger partial charge in [0.2, 0.25) is 5.91 Å². The van der Waals surface area contributed by atoms with Crippen LogP contribution in [0.25, 0.3) is 0 Å². The number of pyridine rings is 1. The average molecular weight is 601 g/mol. The van der Waals surface area contributed by atoms with Crippen molar-refractivity contribution in [1.82, 2.24) is 14.8 Å². The Bertz CT molecular complexity index is 1410. The fraction of sp³-hybridized carbons (Fsp3) is 0.457. The van der Waals surface area contributed by atoms with E-state index in [9.17, 15) is 14.7 Å². The van der Waals surface area contributed by atoms with Crippen molar-refractivity contribution in [2.75, 3.05) is 39.2 Å². The van der Waals surface area contributed by atoms with E-state index in [2.05, 4.69) is 39.5 Å². The lowest BCUT2D eigenvalue weighted by atomic mass is 10.0. The number of aromatic nitrogens is 1. The number of carbonyl (C=O) groups excluding carboxylic acids is 2. The molecule has 44 heavy (non-hydrogen) atoms. The van der Waals surface area contributed by atoms with Crippen LogP contribution in [0.5, 0.6) is 11.5 Å². The number of carbonyl (C=O) groups is 2. The molecule has 2 aromatic carbocycles. The number of nitrogens with one attached hydrogen (secondary N) is 1. The van der Waals surface area contributed by atoms with Gasteiger partial charge in [0.1, 0.15) is 11.5 Å². The molecule has 2 aliphatic rings. The first kappa shape index (κ1) is 31.5. The summed E-state index contributed by atoms with van der Waals surface area (Å²) in [5.41, 5.74) is 5.06. The molecule has 2 N–H and O–H groups in total. The number of anilines is 1. The molecule has 1 aromatic heterocycles. The van der Waals surface area contributed by atoms with Gasteiger partial charge < -0.3 is 24.8 Å². The summed E-state index contributed by atoms with van der Waals surface area (Å²) < 4.78 is 11.1. The van der Waals surface area contributed by atoms with Gasteiger partial charge in [-0.05, 0) is 55.4 Å². The predicted molar refractivity (Wildman–Crippen MR) is 170 cm³/mol. The van der Waals surface area contributed by atoms with Crippen LogP contribution in [0.2, 0.25) is 0 Å². The molecule has 1 aliphatic carbocycles. The molecule has 9 nitrogen and oxygen atoms in total. The van der Waals surface area contributed by atoms with E-state index in [0.717, 1.165) is 61.5 Å². The highest BCUT2D eigenvalue weighted by molar-refractivity contribution is 5.96. The SMILES string of the molecule is COc1ccc(CN(CC(O)CCC(=O)c2cncc(NC3CCN(C(C)=O)CC3)c2)C2Cc3ccccc3C2)c(OC)c1. The zero-order chi connectivity index (χ0) is 31.1. The van der Waals surface area contributed by atoms with Crippen molar-refractivity contribution in [3.8, 4) is 11.5 Å². The molecule has 0 bridgehead atoms. The van der Waals surface area contributed by atoms with Crippen molar-refractivity contribution in [2.24, 2.45) is 0 Å². The van der Waals surface area contributed by atoms with Gasteiger partial charge in [0, 0.05) is 81.2 Å². The molecule has 1 aliphatic heterocycles. The predicted octanol–water partition coefficient (Wildman–Crippen LogP) is 4.52. The lowest BCUT2D eigenvalue weighted by Gasteiger charge is -2.32. The van der Waals surface area contributed by atoms with E-state index in [1.807, 2.05) is 29.2 Å². The zero-order valence-electron chi connectivity index (χ0n) is 26.0. The van der Waals surface area contributed by atoms with Crippen LogP contribution in [0.15, 0.2) is 60.9 Å². The molecule has 0 radical (unpaired) electrons. The monoisotopic (exact) mass is 600 g/mol. The second-order valence-corrected chi connectivity index (χ2v) is 11.9. The minimum Gasteiger partial charge on any atom is -0.497 e. The molecule has 2 heterocycles. The summed E-state index contributed by atoms with van der Waals surface area (Å²) in [4.78, 5) is 33.3. The zero-order valence-corrected chi connectivity index (χ0v) is 26.0. The third-order valence-corrected chi connectivity index (χ3v) is 8.93. The number of hydrogen-bond acceptors (Lipinski definition) is 8. The maximum Gasteiger partial charge on any atom is 0.219 e. The van der Waals surface area contributed by atoms with Crippen molar-refractivity contribution in [1.29, 1.82) is 0 Å². The number of aliphatic hydroxyl groups excluding tert-OH is 1. The first-order chi connectivity index (χ1) is 21.3. The van der Waals surface area contributed by atoms with Gasteiger partial charge in [0.05, 0.1) is 26.0 Å². The molecular formula is C35H44N4O5. The Morgan fingerprint density at radius 2 is 1.77 bits per heavy atom. The molecule has 5 rings (SSSR count). The molecule has 3 aromatic rings. The Morgan fingerprint density at radius 1 is 1.05 bits per heavy atom. The fourth-order valence-corrected chi connectivity index (χ4v) is 6.39. The number of rotatable bonds is 13. The van der Waals surface area contributed by atoms with Crippen LogP contribution in [-0.4, -0.2) is 83.6 Å². The number of amides is 1. The van der Waals surface area contributed by atoms with Crippen molar-refractivity contribution in [3.05, 3.63) is 83.2 Å². The number of aliphatic hydroxyl groups is 1. The van der Waals surface area contributed by atoms with E-state index < -0.39 is 6.10 Å². The van der Waals surface area contributed by atoms with E-state index >= 15 is 0 Å². The highest BCUT2D eigenvalue weighted by Crippen LogP contribution is 2.31. The van der Waals surface area contributed by atoms with Crippen molar-refractivity contribution in [3.63, 3.8) is 0 Å². The molecule has 1 amide bonds. The molecule has 1 unspecified atom stereocenters. The minimum absolute atomic E-state index is 0.0387. The number of nitrogens with zero attached hydrogens (tertiary/aromatic N) is 3. The van der Waals surface area contributed by atoms with Gasteiger partial charge in [-0.1, -0.05) is 30.3 Å². The van der Waals surface area contributed by atoms with Crippen LogP contribution >= 0.6 is 0 Å². The molecule has 1 saturated heterocycles. The van der Waals surface area contributed by atoms with Gasteiger partial charge in [-0.15, -0.1) is 0 Å². The number of ketones is 1. The summed E-state index contributed by atoms with van der Waals surface area (Å²) in [5, 5.41) is 14.7. The Labute approximate surface area is 260 Å². The number of hydrogen-bond donors (Lipinski definition) is 2. The Hall–Kier alpha value is -3.95. The number of fused-ring (bicyclic) bond motifs is 1. The highest BCUT2D eigenvalue weighted by atomic mass is 16.5. The summed E-state index contributed by atoms with van der Waals surface area (Å²) in [7, 11) is 3.29. The molecule has 234 valence electrons. The van der Waals surface area contributed by atoms with Gasteiger partial charge in [-0.3, -0.25) is 19.5 Å². The summed E-state index contributed by atoms with van der Waals surface area (Å²) in [6.45, 7) is 4.12. The number of benzene rings is 2. The van der Waals surface area contributed by atoms with Gasteiger partial charge in [0.15, 0.2) is 5.78 Å². The number of ether oxygens (including phenoxy) is 2. The van der Waals surface area contributed by atoms with E-state index in [4.69, 9.17) is 9.47 Å². The van der Waals surface area contributed by atoms with Gasteiger partial charge >= 0.3 is 0 Å². The van der Waals surface area contributed by atoms with Crippen LogP contribution in [-0.2, 0) is 24.2 Å². The summed E-state index contributed by atoms with van der Waals surface area (Å²) in [5.74, 6) is 1.55. The molecule has 1 fully saturated rings. The summed E-state index contributed by atoms with van der Waals surface area (Å²) in [6.07, 6.45) is 6.78. The van der Waals surface area contributed by atoms with Crippen LogP contribution in [0.1, 0.15) is 59.7 Å². The molecular weight excluding hydrogens is 556 g/mol. The van der Waals surface area contributed by atoms with E-state index in [-0.39, 0.29) is 30.2 Å². The van der Waals surface area contributed by atoms with Crippen LogP contribution in [0, 0.1) is 0 Å². The maximum atomic E-state index is 13.2. The summed E-state index contributed by atoms with van der Waals surface area (Å²) in [6, 6.07) is 16.7. The Morgan fingerprint density at radius 3 is 2.43 bits per heavy atom. The molecule has 1 atom stereocenters. The number of Topliss-reactive ketones (excluding diaryl/α,β-unsaturated/α-hetero) is 1. The fourth-order valence-electron chi connectivity index (χ4n) is 6.39. The molecule has 0 spiro atoms. The largest absolute Gasteiger partial charge is 0.497 e. The Balaban J connectivity index is 1.20. The van der Waals surface area contributed by atoms with Gasteiger partial charge in [0.25, 0.3) is 0 Å². The standard InChI is InChI=1S/C35H44N4O5/c1-24(40)38-14-12-29(13-15-38)37-30-16-28(20-36-21-30)34(42)11-9-32(41)23-39(31-17-25-6-4-5-7-26(25)18-31)22-27-8-10-33(43-2)19-35(27)44-3/h4-8,10,16,19-21,29,31-32,37,41H,9,11-15,17-18,22-23H2,1-3H3. The second-order valence-electron chi connectivity index (χ2n) is 11.9. The smallest absolute Gasteiger partial charge is 0.219 e.